The number of rotatable bonds is 4. The second kappa shape index (κ2) is 5.76. The number of hydrogen-bond donors (Lipinski definition) is 2. The molecule has 0 radical (unpaired) electrons. The summed E-state index contributed by atoms with van der Waals surface area (Å²) in [7, 11) is 1.52. The summed E-state index contributed by atoms with van der Waals surface area (Å²) in [5.74, 6) is 0.112. The van der Waals surface area contributed by atoms with Crippen LogP contribution in [0, 0.1) is 0 Å². The van der Waals surface area contributed by atoms with Crippen molar-refractivity contribution < 1.29 is 9.53 Å². The minimum absolute atomic E-state index is 0.153. The lowest BCUT2D eigenvalue weighted by atomic mass is 10.2. The number of nitrogens with zero attached hydrogens (tertiary/aromatic N) is 2. The Balaban J connectivity index is 2.00. The maximum Gasteiger partial charge on any atom is 0.271 e. The molecule has 98 valence electrons. The third kappa shape index (κ3) is 3.38. The Morgan fingerprint density at radius 3 is 2.95 bits per heavy atom. The minimum Gasteiger partial charge on any atom is -0.481 e. The summed E-state index contributed by atoms with van der Waals surface area (Å²) in [5, 5.41) is 8.52. The van der Waals surface area contributed by atoms with Crippen LogP contribution in [0.2, 0.25) is 0 Å². The normalized spacial score (nSPS) is 9.95. The molecular formula is C12H12N4O3. The Bertz CT molecular complexity index is 618. The first-order valence-electron chi connectivity index (χ1n) is 5.52. The molecule has 0 atom stereocenters. The molecule has 7 heteroatoms. The highest BCUT2D eigenvalue weighted by Crippen LogP contribution is 2.08. The van der Waals surface area contributed by atoms with Gasteiger partial charge >= 0.3 is 0 Å². The van der Waals surface area contributed by atoms with Gasteiger partial charge in [0.2, 0.25) is 5.88 Å². The lowest BCUT2D eigenvalue weighted by Gasteiger charge is -2.05. The molecule has 2 rings (SSSR count). The number of pyridine rings is 1. The SMILES string of the molecule is COc1cc(CNC(=O)c2ccc(=O)[nH]n2)ccn1. The maximum atomic E-state index is 11.7. The fraction of sp³-hybridized carbons (Fsp3) is 0.167. The zero-order chi connectivity index (χ0) is 13.7. The van der Waals surface area contributed by atoms with E-state index in [-0.39, 0.29) is 17.2 Å². The molecule has 1 amide bonds. The Morgan fingerprint density at radius 2 is 2.26 bits per heavy atom. The maximum absolute atomic E-state index is 11.7. The number of hydrogen-bond acceptors (Lipinski definition) is 5. The van der Waals surface area contributed by atoms with Crippen LogP contribution >= 0.6 is 0 Å². The van der Waals surface area contributed by atoms with E-state index in [2.05, 4.69) is 20.5 Å². The molecule has 0 saturated carbocycles. The molecule has 2 N–H and O–H groups in total. The van der Waals surface area contributed by atoms with Gasteiger partial charge in [-0.25, -0.2) is 10.1 Å². The Morgan fingerprint density at radius 1 is 1.42 bits per heavy atom. The predicted molar refractivity (Wildman–Crippen MR) is 66.8 cm³/mol. The zero-order valence-corrected chi connectivity index (χ0v) is 10.2. The molecule has 0 spiro atoms. The molecular weight excluding hydrogens is 248 g/mol. The number of carbonyl (C=O) groups is 1. The monoisotopic (exact) mass is 260 g/mol. The quantitative estimate of drug-likeness (QED) is 0.812. The Labute approximate surface area is 108 Å². The largest absolute Gasteiger partial charge is 0.481 e. The molecule has 0 bridgehead atoms. The summed E-state index contributed by atoms with van der Waals surface area (Å²) in [5.41, 5.74) is 0.653. The van der Waals surface area contributed by atoms with Crippen molar-refractivity contribution in [2.24, 2.45) is 0 Å². The van der Waals surface area contributed by atoms with Crippen LogP contribution in [-0.4, -0.2) is 28.2 Å². The smallest absolute Gasteiger partial charge is 0.271 e. The molecule has 2 aromatic heterocycles. The van der Waals surface area contributed by atoms with Crippen LogP contribution < -0.4 is 15.6 Å². The van der Waals surface area contributed by atoms with Gasteiger partial charge in [-0.1, -0.05) is 0 Å². The summed E-state index contributed by atoms with van der Waals surface area (Å²) >= 11 is 0. The highest BCUT2D eigenvalue weighted by Gasteiger charge is 2.07. The van der Waals surface area contributed by atoms with Crippen molar-refractivity contribution in [2.45, 2.75) is 6.54 Å². The van der Waals surface area contributed by atoms with E-state index in [0.29, 0.717) is 12.4 Å². The lowest BCUT2D eigenvalue weighted by molar-refractivity contribution is 0.0944. The van der Waals surface area contributed by atoms with Gasteiger partial charge in [0.15, 0.2) is 0 Å². The van der Waals surface area contributed by atoms with Gasteiger partial charge in [-0.15, -0.1) is 0 Å². The van der Waals surface area contributed by atoms with Crippen molar-refractivity contribution in [3.05, 3.63) is 52.1 Å². The van der Waals surface area contributed by atoms with Gasteiger partial charge in [0.25, 0.3) is 11.5 Å². The van der Waals surface area contributed by atoms with Crippen molar-refractivity contribution in [2.75, 3.05) is 7.11 Å². The van der Waals surface area contributed by atoms with Gasteiger partial charge < -0.3 is 10.1 Å². The molecule has 2 heterocycles. The van der Waals surface area contributed by atoms with Crippen LogP contribution in [0.1, 0.15) is 16.1 Å². The molecule has 0 fully saturated rings. The minimum atomic E-state index is -0.368. The van der Waals surface area contributed by atoms with E-state index < -0.39 is 0 Å². The molecule has 2 aromatic rings. The topological polar surface area (TPSA) is 97.0 Å². The molecule has 0 aliphatic heterocycles. The van der Waals surface area contributed by atoms with Crippen molar-refractivity contribution >= 4 is 5.91 Å². The van der Waals surface area contributed by atoms with Gasteiger partial charge in [0.05, 0.1) is 7.11 Å². The summed E-state index contributed by atoms with van der Waals surface area (Å²) in [4.78, 5) is 26.5. The van der Waals surface area contributed by atoms with Crippen LogP contribution in [-0.2, 0) is 6.54 Å². The Kier molecular flexibility index (Phi) is 3.87. The fourth-order valence-electron chi connectivity index (χ4n) is 1.42. The van der Waals surface area contributed by atoms with Gasteiger partial charge in [-0.3, -0.25) is 9.59 Å². The average Bonchev–Trinajstić information content (AvgIpc) is 2.46. The molecule has 0 saturated heterocycles. The van der Waals surface area contributed by atoms with Crippen LogP contribution in [0.4, 0.5) is 0 Å². The molecule has 0 aliphatic rings. The second-order valence-corrected chi connectivity index (χ2v) is 3.70. The van der Waals surface area contributed by atoms with Gasteiger partial charge in [-0.2, -0.15) is 5.10 Å². The highest BCUT2D eigenvalue weighted by atomic mass is 16.5. The third-order valence-corrected chi connectivity index (χ3v) is 2.37. The molecule has 0 unspecified atom stereocenters. The third-order valence-electron chi connectivity index (χ3n) is 2.37. The summed E-state index contributed by atoms with van der Waals surface area (Å²) in [6.07, 6.45) is 1.60. The number of ether oxygens (including phenoxy) is 1. The number of methoxy groups -OCH3 is 1. The summed E-state index contributed by atoms with van der Waals surface area (Å²) in [6, 6.07) is 6.10. The van der Waals surface area contributed by atoms with E-state index in [1.807, 2.05) is 0 Å². The number of amides is 1. The summed E-state index contributed by atoms with van der Waals surface area (Å²) < 4.78 is 4.98. The van der Waals surface area contributed by atoms with Crippen molar-refractivity contribution in [3.8, 4) is 5.88 Å². The molecule has 0 aromatic carbocycles. The molecule has 19 heavy (non-hydrogen) atoms. The van der Waals surface area contributed by atoms with Gasteiger partial charge in [0.1, 0.15) is 5.69 Å². The van der Waals surface area contributed by atoms with E-state index in [4.69, 9.17) is 4.74 Å². The van der Waals surface area contributed by atoms with Crippen LogP contribution in [0.25, 0.3) is 0 Å². The van der Waals surface area contributed by atoms with E-state index in [9.17, 15) is 9.59 Å². The summed E-state index contributed by atoms with van der Waals surface area (Å²) in [6.45, 7) is 0.318. The van der Waals surface area contributed by atoms with Gasteiger partial charge in [-0.05, 0) is 17.7 Å². The Hall–Kier alpha value is -2.70. The number of H-pyrrole nitrogens is 1. The average molecular weight is 260 g/mol. The van der Waals surface area contributed by atoms with Crippen molar-refractivity contribution in [1.29, 1.82) is 0 Å². The van der Waals surface area contributed by atoms with Crippen molar-refractivity contribution in [1.82, 2.24) is 20.5 Å². The first kappa shape index (κ1) is 12.7. The molecule has 7 nitrogen and oxygen atoms in total. The molecule has 0 aliphatic carbocycles. The number of aromatic amines is 1. The van der Waals surface area contributed by atoms with E-state index in [0.717, 1.165) is 5.56 Å². The van der Waals surface area contributed by atoms with Gasteiger partial charge in [0, 0.05) is 24.9 Å². The second-order valence-electron chi connectivity index (χ2n) is 3.70. The standard InChI is InChI=1S/C12H12N4O3/c1-19-11-6-8(4-5-13-11)7-14-12(18)9-2-3-10(17)16-15-9/h2-6H,7H2,1H3,(H,14,18)(H,16,17). The van der Waals surface area contributed by atoms with Crippen LogP contribution in [0.5, 0.6) is 5.88 Å². The van der Waals surface area contributed by atoms with E-state index in [1.165, 1.54) is 19.2 Å². The zero-order valence-electron chi connectivity index (χ0n) is 10.2. The number of carbonyl (C=O) groups excluding carboxylic acids is 1. The first-order valence-corrected chi connectivity index (χ1v) is 5.52. The number of aromatic nitrogens is 3. The van der Waals surface area contributed by atoms with E-state index >= 15 is 0 Å². The van der Waals surface area contributed by atoms with Crippen LogP contribution in [0.3, 0.4) is 0 Å². The van der Waals surface area contributed by atoms with E-state index in [1.54, 1.807) is 18.3 Å². The lowest BCUT2D eigenvalue weighted by Crippen LogP contribution is -2.25. The van der Waals surface area contributed by atoms with Crippen LogP contribution in [0.15, 0.2) is 35.3 Å². The number of nitrogens with one attached hydrogen (secondary N) is 2. The fourth-order valence-corrected chi connectivity index (χ4v) is 1.42. The first-order chi connectivity index (χ1) is 9.19. The predicted octanol–water partition coefficient (Wildman–Crippen LogP) is 0.103. The van der Waals surface area contributed by atoms with Crippen molar-refractivity contribution in [3.63, 3.8) is 0 Å². The highest BCUT2D eigenvalue weighted by molar-refractivity contribution is 5.91.